The van der Waals surface area contributed by atoms with Gasteiger partial charge in [0, 0.05) is 24.8 Å². The van der Waals surface area contributed by atoms with Gasteiger partial charge >= 0.3 is 0 Å². The lowest BCUT2D eigenvalue weighted by Crippen LogP contribution is -2.10. The summed E-state index contributed by atoms with van der Waals surface area (Å²) in [7, 11) is 0. The van der Waals surface area contributed by atoms with Crippen molar-refractivity contribution in [3.8, 4) is 0 Å². The molecule has 0 bridgehead atoms. The molecular weight excluding hydrogens is 100 g/mol. The lowest BCUT2D eigenvalue weighted by atomic mass is 10.2. The van der Waals surface area contributed by atoms with E-state index in [1.165, 1.54) is 6.21 Å². The van der Waals surface area contributed by atoms with E-state index in [1.807, 2.05) is 0 Å². The zero-order valence-electron chi connectivity index (χ0n) is 5.44. The minimum Gasteiger partial charge on any atom is -0.312 e. The average molecular weight is 112 g/mol. The first-order valence-corrected chi connectivity index (χ1v) is 2.91. The molecule has 0 aromatic heterocycles. The quantitative estimate of drug-likeness (QED) is 0.414. The van der Waals surface area contributed by atoms with Crippen molar-refractivity contribution in [1.29, 1.82) is 5.41 Å². The maximum absolute atomic E-state index is 6.78. The van der Waals surface area contributed by atoms with Crippen molar-refractivity contribution in [1.82, 2.24) is 4.90 Å². The molecule has 1 heterocycles. The third-order valence-electron chi connectivity index (χ3n) is 1.64. The van der Waals surface area contributed by atoms with Gasteiger partial charge < -0.3 is 5.41 Å². The van der Waals surface area contributed by atoms with E-state index in [0.29, 0.717) is 5.54 Å². The van der Waals surface area contributed by atoms with Crippen molar-refractivity contribution in [3.05, 3.63) is 0 Å². The fraction of sp³-hybridized carbons (Fsp3) is 0.833. The standard InChI is InChI=1S/C6H12N2/c1-6(2)5-8(6)4-3-7/h3,7H,4-5H2,1-2H3. The second kappa shape index (κ2) is 1.55. The van der Waals surface area contributed by atoms with Gasteiger partial charge in [0.2, 0.25) is 0 Å². The third kappa shape index (κ3) is 0.892. The molecule has 1 fully saturated rings. The number of rotatable bonds is 2. The zero-order valence-corrected chi connectivity index (χ0v) is 5.44. The smallest absolute Gasteiger partial charge is 0.0337 e. The van der Waals surface area contributed by atoms with Crippen LogP contribution in [0.25, 0.3) is 0 Å². The van der Waals surface area contributed by atoms with Gasteiger partial charge in [-0.3, -0.25) is 4.90 Å². The summed E-state index contributed by atoms with van der Waals surface area (Å²) in [5.74, 6) is 0. The molecule has 0 aromatic rings. The van der Waals surface area contributed by atoms with Gasteiger partial charge in [-0.2, -0.15) is 0 Å². The highest BCUT2D eigenvalue weighted by atomic mass is 15.3. The zero-order chi connectivity index (χ0) is 6.20. The van der Waals surface area contributed by atoms with E-state index < -0.39 is 0 Å². The maximum atomic E-state index is 6.78. The summed E-state index contributed by atoms with van der Waals surface area (Å²) in [5.41, 5.74) is 0.400. The van der Waals surface area contributed by atoms with Gasteiger partial charge in [-0.15, -0.1) is 0 Å². The Morgan fingerprint density at radius 2 is 2.25 bits per heavy atom. The summed E-state index contributed by atoms with van der Waals surface area (Å²) in [6.07, 6.45) is 1.45. The van der Waals surface area contributed by atoms with Crippen LogP contribution in [0.5, 0.6) is 0 Å². The minimum absolute atomic E-state index is 0.400. The van der Waals surface area contributed by atoms with E-state index in [9.17, 15) is 0 Å². The Bertz CT molecular complexity index is 107. The molecule has 0 aliphatic carbocycles. The van der Waals surface area contributed by atoms with E-state index in [1.54, 1.807) is 0 Å². The molecule has 8 heavy (non-hydrogen) atoms. The van der Waals surface area contributed by atoms with Gasteiger partial charge in [0.1, 0.15) is 0 Å². The predicted octanol–water partition coefficient (Wildman–Crippen LogP) is 0.730. The van der Waals surface area contributed by atoms with Gasteiger partial charge in [-0.05, 0) is 13.8 Å². The number of nitrogens with one attached hydrogen (secondary N) is 1. The molecule has 1 rings (SSSR count). The van der Waals surface area contributed by atoms with Crippen molar-refractivity contribution in [3.63, 3.8) is 0 Å². The molecule has 0 saturated carbocycles. The Labute approximate surface area is 50.0 Å². The van der Waals surface area contributed by atoms with Crippen LogP contribution < -0.4 is 0 Å². The molecule has 1 saturated heterocycles. The Hall–Kier alpha value is -0.370. The normalized spacial score (nSPS) is 32.0. The summed E-state index contributed by atoms with van der Waals surface area (Å²) in [5, 5.41) is 6.78. The Morgan fingerprint density at radius 1 is 1.75 bits per heavy atom. The molecular formula is C6H12N2. The summed E-state index contributed by atoms with van der Waals surface area (Å²) in [6.45, 7) is 6.36. The highest BCUT2D eigenvalue weighted by molar-refractivity contribution is 5.56. The van der Waals surface area contributed by atoms with Crippen LogP contribution in [-0.2, 0) is 0 Å². The van der Waals surface area contributed by atoms with Crippen LogP contribution in [0.4, 0.5) is 0 Å². The monoisotopic (exact) mass is 112 g/mol. The maximum Gasteiger partial charge on any atom is 0.0337 e. The second-order valence-corrected chi connectivity index (χ2v) is 2.90. The van der Waals surface area contributed by atoms with Gasteiger partial charge in [-0.25, -0.2) is 0 Å². The molecule has 1 atom stereocenters. The van der Waals surface area contributed by atoms with Crippen molar-refractivity contribution < 1.29 is 0 Å². The molecule has 0 amide bonds. The van der Waals surface area contributed by atoms with Crippen LogP contribution in [0.1, 0.15) is 13.8 Å². The van der Waals surface area contributed by atoms with E-state index in [4.69, 9.17) is 5.41 Å². The Kier molecular flexibility index (Phi) is 1.12. The lowest BCUT2D eigenvalue weighted by Gasteiger charge is -1.99. The third-order valence-corrected chi connectivity index (χ3v) is 1.64. The van der Waals surface area contributed by atoms with E-state index in [2.05, 4.69) is 18.7 Å². The number of nitrogens with zero attached hydrogens (tertiary/aromatic N) is 1. The average Bonchev–Trinajstić information content (AvgIpc) is 2.15. The van der Waals surface area contributed by atoms with Gasteiger partial charge in [0.05, 0.1) is 0 Å². The van der Waals surface area contributed by atoms with Crippen molar-refractivity contribution >= 4 is 6.21 Å². The summed E-state index contributed by atoms with van der Waals surface area (Å²) < 4.78 is 0. The second-order valence-electron chi connectivity index (χ2n) is 2.90. The van der Waals surface area contributed by atoms with Gasteiger partial charge in [-0.1, -0.05) is 0 Å². The molecule has 0 aromatic carbocycles. The van der Waals surface area contributed by atoms with Crippen LogP contribution in [0.3, 0.4) is 0 Å². The first-order chi connectivity index (χ1) is 3.67. The summed E-state index contributed by atoms with van der Waals surface area (Å²) >= 11 is 0. The molecule has 0 spiro atoms. The van der Waals surface area contributed by atoms with Crippen molar-refractivity contribution in [2.45, 2.75) is 19.4 Å². The summed E-state index contributed by atoms with van der Waals surface area (Å²) in [6, 6.07) is 0. The molecule has 2 nitrogen and oxygen atoms in total. The van der Waals surface area contributed by atoms with Crippen molar-refractivity contribution in [2.24, 2.45) is 0 Å². The molecule has 1 aliphatic heterocycles. The van der Waals surface area contributed by atoms with Gasteiger partial charge in [0.15, 0.2) is 0 Å². The van der Waals surface area contributed by atoms with E-state index >= 15 is 0 Å². The summed E-state index contributed by atoms with van der Waals surface area (Å²) in [4.78, 5) is 2.25. The Morgan fingerprint density at radius 3 is 2.38 bits per heavy atom. The van der Waals surface area contributed by atoms with Crippen LogP contribution in [0, 0.1) is 5.41 Å². The van der Waals surface area contributed by atoms with Crippen molar-refractivity contribution in [2.75, 3.05) is 13.1 Å². The fourth-order valence-corrected chi connectivity index (χ4v) is 0.854. The first kappa shape index (κ1) is 5.76. The van der Waals surface area contributed by atoms with E-state index in [0.717, 1.165) is 13.1 Å². The molecule has 1 N–H and O–H groups in total. The van der Waals surface area contributed by atoms with Crippen LogP contribution in [0.15, 0.2) is 0 Å². The van der Waals surface area contributed by atoms with Crippen LogP contribution in [0.2, 0.25) is 0 Å². The van der Waals surface area contributed by atoms with Crippen LogP contribution in [-0.4, -0.2) is 29.7 Å². The molecule has 0 radical (unpaired) electrons. The lowest BCUT2D eigenvalue weighted by molar-refractivity contribution is 0.504. The first-order valence-electron chi connectivity index (χ1n) is 2.91. The topological polar surface area (TPSA) is 26.9 Å². The van der Waals surface area contributed by atoms with Crippen LogP contribution >= 0.6 is 0 Å². The highest BCUT2D eigenvalue weighted by Gasteiger charge is 2.41. The molecule has 2 heteroatoms. The largest absolute Gasteiger partial charge is 0.312 e. The minimum atomic E-state index is 0.400. The molecule has 1 aliphatic rings. The van der Waals surface area contributed by atoms with E-state index in [-0.39, 0.29) is 0 Å². The number of hydrogen-bond donors (Lipinski definition) is 1. The van der Waals surface area contributed by atoms with Gasteiger partial charge in [0.25, 0.3) is 0 Å². The number of hydrogen-bond acceptors (Lipinski definition) is 2. The SMILES string of the molecule is CC1(C)CN1CC=N. The molecule has 1 unspecified atom stereocenters. The highest BCUT2D eigenvalue weighted by Crippen LogP contribution is 2.28. The Balaban J connectivity index is 2.26. The molecule has 46 valence electrons. The fourth-order valence-electron chi connectivity index (χ4n) is 0.854. The predicted molar refractivity (Wildman–Crippen MR) is 34.4 cm³/mol.